The molecule has 120 valence electrons. The normalized spacial score (nSPS) is 10.7. The number of rotatable bonds is 6. The lowest BCUT2D eigenvalue weighted by Gasteiger charge is -2.06. The van der Waals surface area contributed by atoms with Gasteiger partial charge >= 0.3 is 0 Å². The Morgan fingerprint density at radius 1 is 0.833 bits per heavy atom. The van der Waals surface area contributed by atoms with E-state index in [2.05, 4.69) is 17.1 Å². The van der Waals surface area contributed by atoms with Gasteiger partial charge in [-0.3, -0.25) is 4.99 Å². The molecule has 3 nitrogen and oxygen atoms in total. The highest BCUT2D eigenvalue weighted by molar-refractivity contribution is 5.82. The fraction of sp³-hybridized carbons (Fsp3) is 0.0952. The third-order valence-corrected chi connectivity index (χ3v) is 3.54. The average Bonchev–Trinajstić information content (AvgIpc) is 2.66. The Balaban J connectivity index is 1.60. The van der Waals surface area contributed by atoms with Crippen LogP contribution in [0, 0.1) is 0 Å². The van der Waals surface area contributed by atoms with Gasteiger partial charge in [0.15, 0.2) is 0 Å². The largest absolute Gasteiger partial charge is 0.497 e. The van der Waals surface area contributed by atoms with Crippen LogP contribution in [0.4, 0.5) is 5.69 Å². The van der Waals surface area contributed by atoms with Gasteiger partial charge in [0.1, 0.15) is 18.1 Å². The van der Waals surface area contributed by atoms with Crippen LogP contribution in [0.5, 0.6) is 11.5 Å². The van der Waals surface area contributed by atoms with Gasteiger partial charge in [0.25, 0.3) is 0 Å². The molecule has 3 heteroatoms. The first kappa shape index (κ1) is 15.8. The van der Waals surface area contributed by atoms with E-state index in [9.17, 15) is 0 Å². The zero-order chi connectivity index (χ0) is 16.6. The number of nitrogens with zero attached hydrogens (tertiary/aromatic N) is 1. The topological polar surface area (TPSA) is 30.8 Å². The van der Waals surface area contributed by atoms with Crippen molar-refractivity contribution in [1.82, 2.24) is 0 Å². The zero-order valence-electron chi connectivity index (χ0n) is 13.6. The second kappa shape index (κ2) is 7.97. The molecular weight excluding hydrogens is 298 g/mol. The maximum atomic E-state index is 5.78. The highest BCUT2D eigenvalue weighted by Gasteiger charge is 1.97. The molecule has 0 heterocycles. The van der Waals surface area contributed by atoms with Crippen molar-refractivity contribution < 1.29 is 9.47 Å². The van der Waals surface area contributed by atoms with Gasteiger partial charge in [-0.1, -0.05) is 36.4 Å². The molecule has 0 amide bonds. The highest BCUT2D eigenvalue weighted by Crippen LogP contribution is 2.20. The highest BCUT2D eigenvalue weighted by atomic mass is 16.5. The van der Waals surface area contributed by atoms with E-state index in [0.29, 0.717) is 6.61 Å². The summed E-state index contributed by atoms with van der Waals surface area (Å²) in [4.78, 5) is 4.46. The van der Waals surface area contributed by atoms with E-state index in [0.717, 1.165) is 28.3 Å². The summed E-state index contributed by atoms with van der Waals surface area (Å²) in [7, 11) is 1.65. The number of methoxy groups -OCH3 is 1. The van der Waals surface area contributed by atoms with Crippen molar-refractivity contribution in [3.63, 3.8) is 0 Å². The summed E-state index contributed by atoms with van der Waals surface area (Å²) in [5.41, 5.74) is 3.03. The van der Waals surface area contributed by atoms with E-state index in [1.54, 1.807) is 7.11 Å². The molecule has 0 bridgehead atoms. The van der Waals surface area contributed by atoms with Crippen LogP contribution in [-0.4, -0.2) is 13.3 Å². The molecule has 24 heavy (non-hydrogen) atoms. The quantitative estimate of drug-likeness (QED) is 0.597. The predicted octanol–water partition coefficient (Wildman–Crippen LogP) is 5.02. The van der Waals surface area contributed by atoms with Crippen molar-refractivity contribution in [3.8, 4) is 11.5 Å². The fourth-order valence-electron chi connectivity index (χ4n) is 2.23. The van der Waals surface area contributed by atoms with Crippen molar-refractivity contribution in [2.24, 2.45) is 4.99 Å². The van der Waals surface area contributed by atoms with E-state index in [1.807, 2.05) is 72.9 Å². The van der Waals surface area contributed by atoms with E-state index >= 15 is 0 Å². The molecule has 3 rings (SSSR count). The van der Waals surface area contributed by atoms with Crippen molar-refractivity contribution >= 4 is 11.9 Å². The minimum Gasteiger partial charge on any atom is -0.497 e. The van der Waals surface area contributed by atoms with Crippen molar-refractivity contribution in [3.05, 3.63) is 90.0 Å². The number of aliphatic imine (C=N–C) groups is 1. The van der Waals surface area contributed by atoms with E-state index < -0.39 is 0 Å². The van der Waals surface area contributed by atoms with Gasteiger partial charge in [0, 0.05) is 12.3 Å². The first-order valence-electron chi connectivity index (χ1n) is 7.78. The van der Waals surface area contributed by atoms with E-state index in [-0.39, 0.29) is 0 Å². The number of hydrogen-bond donors (Lipinski definition) is 0. The van der Waals surface area contributed by atoms with Crippen LogP contribution in [0.3, 0.4) is 0 Å². The van der Waals surface area contributed by atoms with E-state index in [4.69, 9.17) is 9.47 Å². The molecule has 0 unspecified atom stereocenters. The summed E-state index contributed by atoms with van der Waals surface area (Å²) in [6.45, 7) is 0.568. The fourth-order valence-corrected chi connectivity index (χ4v) is 2.23. The molecule has 0 radical (unpaired) electrons. The van der Waals surface area contributed by atoms with Gasteiger partial charge in [-0.05, 0) is 47.5 Å². The van der Waals surface area contributed by atoms with E-state index in [1.165, 1.54) is 0 Å². The maximum Gasteiger partial charge on any atom is 0.121 e. The first-order chi connectivity index (χ1) is 11.8. The lowest BCUT2D eigenvalue weighted by Crippen LogP contribution is -1.94. The van der Waals surface area contributed by atoms with Crippen LogP contribution < -0.4 is 9.47 Å². The Labute approximate surface area is 142 Å². The molecule has 0 N–H and O–H groups in total. The van der Waals surface area contributed by atoms with Gasteiger partial charge in [-0.2, -0.15) is 0 Å². The summed E-state index contributed by atoms with van der Waals surface area (Å²) in [6.07, 6.45) is 1.83. The average molecular weight is 317 g/mol. The molecule has 0 aromatic heterocycles. The van der Waals surface area contributed by atoms with Gasteiger partial charge in [-0.15, -0.1) is 0 Å². The Morgan fingerprint density at radius 2 is 1.62 bits per heavy atom. The third kappa shape index (κ3) is 4.46. The van der Waals surface area contributed by atoms with Crippen LogP contribution in [0.15, 0.2) is 83.9 Å². The summed E-state index contributed by atoms with van der Waals surface area (Å²) >= 11 is 0. The SMILES string of the molecule is COc1cccc(N=Cc2ccc(OCc3ccccc3)cc2)c1. The molecule has 3 aromatic carbocycles. The Kier molecular flexibility index (Phi) is 5.25. The minimum atomic E-state index is 0.568. The molecule has 0 fully saturated rings. The van der Waals surface area contributed by atoms with Crippen LogP contribution in [0.2, 0.25) is 0 Å². The molecular formula is C21H19NO2. The van der Waals surface area contributed by atoms with Crippen LogP contribution in [0.25, 0.3) is 0 Å². The van der Waals surface area contributed by atoms with Gasteiger partial charge in [0.2, 0.25) is 0 Å². The Bertz CT molecular complexity index is 796. The van der Waals surface area contributed by atoms with Crippen molar-refractivity contribution in [2.45, 2.75) is 6.61 Å². The lowest BCUT2D eigenvalue weighted by molar-refractivity contribution is 0.306. The summed E-state index contributed by atoms with van der Waals surface area (Å²) in [5.74, 6) is 1.65. The van der Waals surface area contributed by atoms with Crippen LogP contribution in [0.1, 0.15) is 11.1 Å². The molecule has 0 saturated carbocycles. The van der Waals surface area contributed by atoms with Crippen molar-refractivity contribution in [1.29, 1.82) is 0 Å². The van der Waals surface area contributed by atoms with Gasteiger partial charge in [-0.25, -0.2) is 0 Å². The molecule has 3 aromatic rings. The standard InChI is InChI=1S/C21H19NO2/c1-23-21-9-5-8-19(14-21)22-15-17-10-12-20(13-11-17)24-16-18-6-3-2-4-7-18/h2-15H,16H2,1H3. The Morgan fingerprint density at radius 3 is 2.38 bits per heavy atom. The van der Waals surface area contributed by atoms with Crippen molar-refractivity contribution in [2.75, 3.05) is 7.11 Å². The second-order valence-corrected chi connectivity index (χ2v) is 5.30. The van der Waals surface area contributed by atoms with Gasteiger partial charge in [0.05, 0.1) is 12.8 Å². The predicted molar refractivity (Wildman–Crippen MR) is 97.5 cm³/mol. The monoisotopic (exact) mass is 317 g/mol. The smallest absolute Gasteiger partial charge is 0.121 e. The van der Waals surface area contributed by atoms with Crippen LogP contribution in [-0.2, 0) is 6.61 Å². The zero-order valence-corrected chi connectivity index (χ0v) is 13.6. The lowest BCUT2D eigenvalue weighted by atomic mass is 10.2. The minimum absolute atomic E-state index is 0.568. The maximum absolute atomic E-state index is 5.78. The molecule has 0 aliphatic rings. The Hall–Kier alpha value is -3.07. The molecule has 0 spiro atoms. The molecule has 0 atom stereocenters. The number of benzene rings is 3. The number of ether oxygens (including phenoxy) is 2. The molecule has 0 aliphatic carbocycles. The van der Waals surface area contributed by atoms with Crippen LogP contribution >= 0.6 is 0 Å². The second-order valence-electron chi connectivity index (χ2n) is 5.30. The summed E-state index contributed by atoms with van der Waals surface area (Å²) < 4.78 is 11.0. The molecule has 0 saturated heterocycles. The molecule has 0 aliphatic heterocycles. The summed E-state index contributed by atoms with van der Waals surface area (Å²) in [5, 5.41) is 0. The first-order valence-corrected chi connectivity index (χ1v) is 7.78. The third-order valence-electron chi connectivity index (χ3n) is 3.54. The number of hydrogen-bond acceptors (Lipinski definition) is 3. The van der Waals surface area contributed by atoms with Gasteiger partial charge < -0.3 is 9.47 Å². The summed E-state index contributed by atoms with van der Waals surface area (Å²) in [6, 6.07) is 25.7.